The molecule has 2 atom stereocenters. The molecular formula is C14H22N4O. The Bertz CT molecular complexity index is 447. The first-order valence-corrected chi connectivity index (χ1v) is 6.66. The Morgan fingerprint density at radius 1 is 1.53 bits per heavy atom. The monoisotopic (exact) mass is 262 g/mol. The topological polar surface area (TPSA) is 70.4 Å². The number of hydrogen-bond donors (Lipinski definition) is 3. The lowest BCUT2D eigenvalue weighted by Gasteiger charge is -2.14. The molecule has 19 heavy (non-hydrogen) atoms. The van der Waals surface area contributed by atoms with E-state index >= 15 is 0 Å². The Balaban J connectivity index is 1.90. The van der Waals surface area contributed by atoms with Crippen LogP contribution in [0, 0.1) is 0 Å². The average molecular weight is 262 g/mol. The van der Waals surface area contributed by atoms with Crippen LogP contribution in [0.5, 0.6) is 0 Å². The first-order valence-electron chi connectivity index (χ1n) is 6.66. The molecule has 2 rings (SSSR count). The molecule has 0 bridgehead atoms. The van der Waals surface area contributed by atoms with E-state index in [0.29, 0.717) is 0 Å². The van der Waals surface area contributed by atoms with E-state index in [1.807, 2.05) is 31.2 Å². The molecule has 2 amide bonds. The van der Waals surface area contributed by atoms with Crippen molar-refractivity contribution >= 4 is 11.7 Å². The number of nitrogens with two attached hydrogens (primary N) is 1. The fraction of sp³-hybridized carbons (Fsp3) is 0.500. The smallest absolute Gasteiger partial charge is 0.319 e. The van der Waals surface area contributed by atoms with Crippen LogP contribution < -0.4 is 16.4 Å². The molecule has 4 N–H and O–H groups in total. The third-order valence-corrected chi connectivity index (χ3v) is 3.40. The fourth-order valence-corrected chi connectivity index (χ4v) is 2.31. The Kier molecular flexibility index (Phi) is 4.39. The van der Waals surface area contributed by atoms with Gasteiger partial charge in [-0.1, -0.05) is 12.1 Å². The SMILES string of the molecule is CC(N)c1cccc(NC(=O)NC2CCN(C)C2)c1. The van der Waals surface area contributed by atoms with Gasteiger partial charge in [0, 0.05) is 24.3 Å². The number of urea groups is 1. The van der Waals surface area contributed by atoms with Crippen LogP contribution in [0.1, 0.15) is 24.9 Å². The molecule has 0 spiro atoms. The number of benzene rings is 1. The average Bonchev–Trinajstić information content (AvgIpc) is 2.74. The van der Waals surface area contributed by atoms with Crippen LogP contribution in [0.2, 0.25) is 0 Å². The summed E-state index contributed by atoms with van der Waals surface area (Å²) in [6, 6.07) is 7.69. The molecule has 0 aromatic heterocycles. The van der Waals surface area contributed by atoms with E-state index in [1.165, 1.54) is 0 Å². The number of carbonyl (C=O) groups excluding carboxylic acids is 1. The summed E-state index contributed by atoms with van der Waals surface area (Å²) in [5, 5.41) is 5.84. The lowest BCUT2D eigenvalue weighted by atomic mass is 10.1. The molecule has 2 unspecified atom stereocenters. The minimum Gasteiger partial charge on any atom is -0.334 e. The number of carbonyl (C=O) groups is 1. The highest BCUT2D eigenvalue weighted by Crippen LogP contribution is 2.15. The van der Waals surface area contributed by atoms with Gasteiger partial charge in [-0.05, 0) is 44.6 Å². The molecule has 0 radical (unpaired) electrons. The van der Waals surface area contributed by atoms with Gasteiger partial charge in [0.2, 0.25) is 0 Å². The van der Waals surface area contributed by atoms with Crippen molar-refractivity contribution in [1.82, 2.24) is 10.2 Å². The quantitative estimate of drug-likeness (QED) is 0.773. The first kappa shape index (κ1) is 13.8. The standard InChI is InChI=1S/C14H22N4O/c1-10(15)11-4-3-5-12(8-11)16-14(19)17-13-6-7-18(2)9-13/h3-5,8,10,13H,6-7,9,15H2,1-2H3,(H2,16,17,19). The highest BCUT2D eigenvalue weighted by Gasteiger charge is 2.20. The van der Waals surface area contributed by atoms with E-state index in [9.17, 15) is 4.79 Å². The zero-order valence-corrected chi connectivity index (χ0v) is 11.5. The van der Waals surface area contributed by atoms with Crippen molar-refractivity contribution in [2.24, 2.45) is 5.73 Å². The summed E-state index contributed by atoms with van der Waals surface area (Å²) in [6.45, 7) is 3.87. The number of rotatable bonds is 3. The molecule has 1 fully saturated rings. The fourth-order valence-electron chi connectivity index (χ4n) is 2.31. The van der Waals surface area contributed by atoms with Gasteiger partial charge in [0.1, 0.15) is 0 Å². The van der Waals surface area contributed by atoms with E-state index < -0.39 is 0 Å². The summed E-state index contributed by atoms with van der Waals surface area (Å²) in [7, 11) is 2.06. The molecular weight excluding hydrogens is 240 g/mol. The van der Waals surface area contributed by atoms with Crippen molar-refractivity contribution in [3.8, 4) is 0 Å². The van der Waals surface area contributed by atoms with E-state index in [4.69, 9.17) is 5.73 Å². The molecule has 1 aromatic carbocycles. The van der Waals surface area contributed by atoms with Gasteiger partial charge in [-0.15, -0.1) is 0 Å². The molecule has 1 saturated heterocycles. The molecule has 0 aliphatic carbocycles. The maximum Gasteiger partial charge on any atom is 0.319 e. The first-order chi connectivity index (χ1) is 9.04. The summed E-state index contributed by atoms with van der Waals surface area (Å²) in [4.78, 5) is 14.1. The van der Waals surface area contributed by atoms with Gasteiger partial charge in [-0.3, -0.25) is 0 Å². The van der Waals surface area contributed by atoms with Gasteiger partial charge >= 0.3 is 6.03 Å². The van der Waals surface area contributed by atoms with Crippen LogP contribution in [0.25, 0.3) is 0 Å². The van der Waals surface area contributed by atoms with Crippen LogP contribution >= 0.6 is 0 Å². The number of likely N-dealkylation sites (N-methyl/N-ethyl adjacent to an activating group) is 1. The minimum absolute atomic E-state index is 0.0340. The molecule has 1 aliphatic rings. The van der Waals surface area contributed by atoms with E-state index in [2.05, 4.69) is 22.6 Å². The molecule has 1 aromatic rings. The van der Waals surface area contributed by atoms with E-state index in [-0.39, 0.29) is 18.1 Å². The van der Waals surface area contributed by atoms with Crippen molar-refractivity contribution < 1.29 is 4.79 Å². The molecule has 1 heterocycles. The number of likely N-dealkylation sites (tertiary alicyclic amines) is 1. The van der Waals surface area contributed by atoms with Gasteiger partial charge < -0.3 is 21.3 Å². The second kappa shape index (κ2) is 6.04. The second-order valence-electron chi connectivity index (χ2n) is 5.26. The molecule has 1 aliphatic heterocycles. The van der Waals surface area contributed by atoms with Crippen molar-refractivity contribution in [2.45, 2.75) is 25.4 Å². The van der Waals surface area contributed by atoms with Crippen LogP contribution in [0.4, 0.5) is 10.5 Å². The number of hydrogen-bond acceptors (Lipinski definition) is 3. The lowest BCUT2D eigenvalue weighted by Crippen LogP contribution is -2.39. The summed E-state index contributed by atoms with van der Waals surface area (Å²) < 4.78 is 0. The Morgan fingerprint density at radius 3 is 2.95 bits per heavy atom. The predicted molar refractivity (Wildman–Crippen MR) is 77.1 cm³/mol. The molecule has 0 saturated carbocycles. The van der Waals surface area contributed by atoms with Gasteiger partial charge in [-0.2, -0.15) is 0 Å². The van der Waals surface area contributed by atoms with Gasteiger partial charge in [0.05, 0.1) is 0 Å². The van der Waals surface area contributed by atoms with Crippen LogP contribution in [-0.4, -0.2) is 37.1 Å². The van der Waals surface area contributed by atoms with Crippen molar-refractivity contribution in [3.05, 3.63) is 29.8 Å². The van der Waals surface area contributed by atoms with Crippen LogP contribution in [0.15, 0.2) is 24.3 Å². The normalized spacial score (nSPS) is 21.1. The minimum atomic E-state index is -0.151. The number of anilines is 1. The van der Waals surface area contributed by atoms with Crippen LogP contribution in [-0.2, 0) is 0 Å². The summed E-state index contributed by atoms with van der Waals surface area (Å²) in [5.74, 6) is 0. The van der Waals surface area contributed by atoms with Crippen molar-refractivity contribution in [2.75, 3.05) is 25.5 Å². The van der Waals surface area contributed by atoms with Gasteiger partial charge in [0.25, 0.3) is 0 Å². The highest BCUT2D eigenvalue weighted by molar-refractivity contribution is 5.89. The summed E-state index contributed by atoms with van der Waals surface area (Å²) in [5.41, 5.74) is 7.62. The third-order valence-electron chi connectivity index (χ3n) is 3.40. The Labute approximate surface area is 114 Å². The van der Waals surface area contributed by atoms with Gasteiger partial charge in [-0.25, -0.2) is 4.79 Å². The zero-order chi connectivity index (χ0) is 13.8. The van der Waals surface area contributed by atoms with Crippen molar-refractivity contribution in [3.63, 3.8) is 0 Å². The molecule has 5 heteroatoms. The van der Waals surface area contributed by atoms with Gasteiger partial charge in [0.15, 0.2) is 0 Å². The van der Waals surface area contributed by atoms with E-state index in [0.717, 1.165) is 30.8 Å². The third kappa shape index (κ3) is 3.94. The number of nitrogens with one attached hydrogen (secondary N) is 2. The number of nitrogens with zero attached hydrogens (tertiary/aromatic N) is 1. The molecule has 104 valence electrons. The van der Waals surface area contributed by atoms with Crippen LogP contribution in [0.3, 0.4) is 0 Å². The summed E-state index contributed by atoms with van der Waals surface area (Å²) in [6.07, 6.45) is 1.00. The summed E-state index contributed by atoms with van der Waals surface area (Å²) >= 11 is 0. The van der Waals surface area contributed by atoms with E-state index in [1.54, 1.807) is 0 Å². The Morgan fingerprint density at radius 2 is 2.32 bits per heavy atom. The van der Waals surface area contributed by atoms with Crippen molar-refractivity contribution in [1.29, 1.82) is 0 Å². The second-order valence-corrected chi connectivity index (χ2v) is 5.26. The largest absolute Gasteiger partial charge is 0.334 e. The number of amides is 2. The predicted octanol–water partition coefficient (Wildman–Crippen LogP) is 1.53. The maximum absolute atomic E-state index is 11.9. The lowest BCUT2D eigenvalue weighted by molar-refractivity contribution is 0.248. The maximum atomic E-state index is 11.9. The zero-order valence-electron chi connectivity index (χ0n) is 11.5. The Hall–Kier alpha value is -1.59. The molecule has 5 nitrogen and oxygen atoms in total. The highest BCUT2D eigenvalue weighted by atomic mass is 16.2.